The number of benzene rings is 2. The normalized spacial score (nSPS) is 25.8. The molecule has 2 fully saturated rings. The topological polar surface area (TPSA) is 49.9 Å². The lowest BCUT2D eigenvalue weighted by Crippen LogP contribution is -2.48. The second kappa shape index (κ2) is 6.36. The van der Waals surface area contributed by atoms with E-state index in [2.05, 4.69) is 6.07 Å². The van der Waals surface area contributed by atoms with Crippen LogP contribution in [0.4, 0.5) is 5.69 Å². The van der Waals surface area contributed by atoms with Crippen molar-refractivity contribution in [3.05, 3.63) is 59.7 Å². The molecule has 0 aromatic heterocycles. The monoisotopic (exact) mass is 376 g/mol. The van der Waals surface area contributed by atoms with Crippen LogP contribution >= 0.6 is 0 Å². The zero-order valence-corrected chi connectivity index (χ0v) is 16.1. The molecule has 5 rings (SSSR count). The fraction of sp³-hybridized carbons (Fsp3) is 0.391. The van der Waals surface area contributed by atoms with Crippen LogP contribution in [0.5, 0.6) is 5.75 Å². The van der Waals surface area contributed by atoms with Gasteiger partial charge in [0.15, 0.2) is 0 Å². The maximum atomic E-state index is 14.0. The van der Waals surface area contributed by atoms with Crippen molar-refractivity contribution in [2.24, 2.45) is 0 Å². The Morgan fingerprint density at radius 3 is 2.82 bits per heavy atom. The van der Waals surface area contributed by atoms with Gasteiger partial charge < -0.3 is 14.5 Å². The fourth-order valence-electron chi connectivity index (χ4n) is 5.20. The van der Waals surface area contributed by atoms with Crippen LogP contribution in [0.25, 0.3) is 0 Å². The van der Waals surface area contributed by atoms with E-state index < -0.39 is 5.41 Å². The van der Waals surface area contributed by atoms with E-state index in [1.165, 1.54) is 5.56 Å². The maximum Gasteiger partial charge on any atom is 0.239 e. The Balaban J connectivity index is 1.59. The molecular weight excluding hydrogens is 352 g/mol. The highest BCUT2D eigenvalue weighted by Crippen LogP contribution is 2.46. The largest absolute Gasteiger partial charge is 0.497 e. The van der Waals surface area contributed by atoms with Gasteiger partial charge in [-0.1, -0.05) is 30.3 Å². The van der Waals surface area contributed by atoms with Crippen molar-refractivity contribution in [1.82, 2.24) is 4.90 Å². The third-order valence-corrected chi connectivity index (χ3v) is 6.64. The number of carbonyl (C=O) groups excluding carboxylic acids is 2. The maximum absolute atomic E-state index is 14.0. The van der Waals surface area contributed by atoms with Gasteiger partial charge in [0.25, 0.3) is 0 Å². The van der Waals surface area contributed by atoms with E-state index >= 15 is 0 Å². The molecule has 2 aromatic carbocycles. The van der Waals surface area contributed by atoms with Gasteiger partial charge >= 0.3 is 0 Å². The number of methoxy groups -OCH3 is 1. The zero-order chi connectivity index (χ0) is 19.3. The van der Waals surface area contributed by atoms with Gasteiger partial charge in [-0.3, -0.25) is 9.59 Å². The molecule has 3 heterocycles. The molecule has 0 saturated carbocycles. The second-order valence-electron chi connectivity index (χ2n) is 8.07. The quantitative estimate of drug-likeness (QED) is 0.828. The Labute approximate surface area is 164 Å². The van der Waals surface area contributed by atoms with Crippen molar-refractivity contribution in [3.8, 4) is 5.75 Å². The smallest absolute Gasteiger partial charge is 0.239 e. The first-order valence-electron chi connectivity index (χ1n) is 9.96. The first-order chi connectivity index (χ1) is 13.6. The van der Waals surface area contributed by atoms with Crippen LogP contribution in [0, 0.1) is 0 Å². The minimum atomic E-state index is -0.716. The van der Waals surface area contributed by atoms with Gasteiger partial charge in [0.05, 0.1) is 12.5 Å². The number of para-hydroxylation sites is 1. The van der Waals surface area contributed by atoms with Crippen LogP contribution in [-0.2, 0) is 21.4 Å². The zero-order valence-electron chi connectivity index (χ0n) is 16.1. The number of hydrogen-bond acceptors (Lipinski definition) is 3. The van der Waals surface area contributed by atoms with Crippen molar-refractivity contribution in [2.45, 2.75) is 37.1 Å². The van der Waals surface area contributed by atoms with Crippen LogP contribution in [0.3, 0.4) is 0 Å². The number of anilines is 1. The Hall–Kier alpha value is -2.82. The van der Waals surface area contributed by atoms with Gasteiger partial charge in [-0.15, -0.1) is 0 Å². The number of rotatable bonds is 3. The van der Waals surface area contributed by atoms with Gasteiger partial charge in [-0.05, 0) is 48.6 Å². The molecule has 3 aliphatic heterocycles. The number of amides is 2. The molecule has 0 bridgehead atoms. The molecule has 2 atom stereocenters. The molecule has 2 amide bonds. The molecule has 0 radical (unpaired) electrons. The molecule has 3 aliphatic rings. The standard InChI is InChI=1S/C23H24N2O3/c1-28-19-7-4-6-17(13-19)23(14-18-9-10-21(26)25(18)15-23)22(27)24-12-11-16-5-2-3-8-20(16)24/h2-8,13,18H,9-12,14-15H2,1H3/t18-,23-/m0/s1. The van der Waals surface area contributed by atoms with E-state index in [-0.39, 0.29) is 17.9 Å². The van der Waals surface area contributed by atoms with E-state index in [1.807, 2.05) is 52.3 Å². The molecular formula is C23H24N2O3. The van der Waals surface area contributed by atoms with Crippen molar-refractivity contribution in [2.75, 3.05) is 25.1 Å². The summed E-state index contributed by atoms with van der Waals surface area (Å²) in [6, 6.07) is 16.1. The van der Waals surface area contributed by atoms with Gasteiger partial charge in [0.2, 0.25) is 11.8 Å². The van der Waals surface area contributed by atoms with Gasteiger partial charge in [-0.25, -0.2) is 0 Å². The highest BCUT2D eigenvalue weighted by molar-refractivity contribution is 6.04. The summed E-state index contributed by atoms with van der Waals surface area (Å²) < 4.78 is 5.43. The lowest BCUT2D eigenvalue weighted by atomic mass is 9.76. The average molecular weight is 376 g/mol. The highest BCUT2D eigenvalue weighted by atomic mass is 16.5. The number of nitrogens with zero attached hydrogens (tertiary/aromatic N) is 2. The Kier molecular flexibility index (Phi) is 3.93. The first kappa shape index (κ1) is 17.3. The van der Waals surface area contributed by atoms with Gasteiger partial charge in [-0.2, -0.15) is 0 Å². The summed E-state index contributed by atoms with van der Waals surface area (Å²) in [5.41, 5.74) is 2.45. The van der Waals surface area contributed by atoms with E-state index in [4.69, 9.17) is 4.74 Å². The van der Waals surface area contributed by atoms with Crippen LogP contribution < -0.4 is 9.64 Å². The van der Waals surface area contributed by atoms with E-state index in [1.54, 1.807) is 7.11 Å². The summed E-state index contributed by atoms with van der Waals surface area (Å²) in [5, 5.41) is 0. The Bertz CT molecular complexity index is 956. The summed E-state index contributed by atoms with van der Waals surface area (Å²) in [7, 11) is 1.64. The molecule has 144 valence electrons. The second-order valence-corrected chi connectivity index (χ2v) is 8.07. The van der Waals surface area contributed by atoms with E-state index in [0.717, 1.165) is 29.8 Å². The van der Waals surface area contributed by atoms with Crippen LogP contribution in [0.1, 0.15) is 30.4 Å². The molecule has 2 aromatic rings. The summed E-state index contributed by atoms with van der Waals surface area (Å²) in [5.74, 6) is 1.02. The number of carbonyl (C=O) groups is 2. The third-order valence-electron chi connectivity index (χ3n) is 6.64. The SMILES string of the molecule is COc1cccc([C@]2(C(=O)N3CCc4ccccc43)C[C@@H]3CCC(=O)N3C2)c1. The van der Waals surface area contributed by atoms with Crippen LogP contribution in [0.15, 0.2) is 48.5 Å². The summed E-state index contributed by atoms with van der Waals surface area (Å²) >= 11 is 0. The Morgan fingerprint density at radius 2 is 2.00 bits per heavy atom. The summed E-state index contributed by atoms with van der Waals surface area (Å²) in [6.07, 6.45) is 3.00. The third kappa shape index (κ3) is 2.45. The lowest BCUT2D eigenvalue weighted by molar-refractivity contribution is -0.128. The molecule has 28 heavy (non-hydrogen) atoms. The fourth-order valence-corrected chi connectivity index (χ4v) is 5.20. The van der Waals surface area contributed by atoms with E-state index in [0.29, 0.717) is 25.9 Å². The van der Waals surface area contributed by atoms with Gasteiger partial charge in [0, 0.05) is 31.2 Å². The molecule has 0 aliphatic carbocycles. The average Bonchev–Trinajstić information content (AvgIpc) is 3.42. The molecule has 0 N–H and O–H groups in total. The summed E-state index contributed by atoms with van der Waals surface area (Å²) in [4.78, 5) is 30.3. The first-order valence-corrected chi connectivity index (χ1v) is 9.96. The summed E-state index contributed by atoms with van der Waals surface area (Å²) in [6.45, 7) is 1.16. The van der Waals surface area contributed by atoms with Crippen LogP contribution in [-0.4, -0.2) is 43.0 Å². The molecule has 5 nitrogen and oxygen atoms in total. The minimum Gasteiger partial charge on any atom is -0.497 e. The molecule has 0 unspecified atom stereocenters. The highest BCUT2D eigenvalue weighted by Gasteiger charge is 2.55. The minimum absolute atomic E-state index is 0.105. The van der Waals surface area contributed by atoms with Crippen molar-refractivity contribution >= 4 is 17.5 Å². The molecule has 0 spiro atoms. The molecule has 2 saturated heterocycles. The van der Waals surface area contributed by atoms with Gasteiger partial charge in [0.1, 0.15) is 5.75 Å². The molecule has 5 heteroatoms. The predicted octanol–water partition coefficient (Wildman–Crippen LogP) is 2.92. The number of fused-ring (bicyclic) bond motifs is 2. The lowest BCUT2D eigenvalue weighted by Gasteiger charge is -2.33. The van der Waals surface area contributed by atoms with Crippen LogP contribution in [0.2, 0.25) is 0 Å². The van der Waals surface area contributed by atoms with E-state index in [9.17, 15) is 9.59 Å². The predicted molar refractivity (Wildman–Crippen MR) is 107 cm³/mol. The number of ether oxygens (including phenoxy) is 1. The van der Waals surface area contributed by atoms with Crippen molar-refractivity contribution in [3.63, 3.8) is 0 Å². The van der Waals surface area contributed by atoms with Crippen molar-refractivity contribution < 1.29 is 14.3 Å². The Morgan fingerprint density at radius 1 is 1.14 bits per heavy atom. The van der Waals surface area contributed by atoms with Crippen molar-refractivity contribution in [1.29, 1.82) is 0 Å². The number of hydrogen-bond donors (Lipinski definition) is 0.